The smallest absolute Gasteiger partial charge is 0.297 e. The minimum atomic E-state index is -0.0930. The third-order valence-electron chi connectivity index (χ3n) is 19.2. The predicted octanol–water partition coefficient (Wildman–Crippen LogP) is 16.6. The van der Waals surface area contributed by atoms with E-state index in [0.717, 1.165) is 24.1 Å². The van der Waals surface area contributed by atoms with E-state index in [1.807, 2.05) is 0 Å². The van der Waals surface area contributed by atoms with E-state index < -0.39 is 0 Å². The van der Waals surface area contributed by atoms with Crippen molar-refractivity contribution in [2.24, 2.45) is 11.3 Å². The highest BCUT2D eigenvalue weighted by atomic mass is 16.3. The lowest BCUT2D eigenvalue weighted by atomic mass is 9.34. The molecule has 0 bridgehead atoms. The number of furan rings is 1. The van der Waals surface area contributed by atoms with Crippen LogP contribution in [0.2, 0.25) is 0 Å². The first-order valence-electron chi connectivity index (χ1n) is 27.2. The number of nitrogens with zero attached hydrogens (tertiary/aromatic N) is 2. The highest BCUT2D eigenvalue weighted by Gasteiger charge is 2.56. The second-order valence-electron chi connectivity index (χ2n) is 28.6. The Bertz CT molecular complexity index is 3380. The summed E-state index contributed by atoms with van der Waals surface area (Å²) < 4.78 is 7.60. The predicted molar refractivity (Wildman–Crippen MR) is 305 cm³/mol. The van der Waals surface area contributed by atoms with Crippen LogP contribution in [0.5, 0.6) is 0 Å². The fourth-order valence-corrected chi connectivity index (χ4v) is 14.4. The van der Waals surface area contributed by atoms with E-state index in [2.05, 4.69) is 219 Å². The van der Waals surface area contributed by atoms with E-state index in [-0.39, 0.29) is 44.6 Å². The van der Waals surface area contributed by atoms with Crippen molar-refractivity contribution in [1.82, 2.24) is 0 Å². The molecule has 0 radical (unpaired) electrons. The lowest BCUT2D eigenvalue weighted by Gasteiger charge is -2.56. The lowest BCUT2D eigenvalue weighted by molar-refractivity contribution is 0.265. The molecule has 0 N–H and O–H groups in total. The molecule has 366 valence electrons. The number of rotatable bonds is 2. The van der Waals surface area contributed by atoms with E-state index in [9.17, 15) is 0 Å². The number of aryl methyl sites for hydroxylation is 2. The molecule has 0 saturated carbocycles. The molecule has 0 spiro atoms. The fourth-order valence-electron chi connectivity index (χ4n) is 14.4. The molecule has 5 aromatic carbocycles. The van der Waals surface area contributed by atoms with Crippen molar-refractivity contribution >= 4 is 62.7 Å². The molecule has 1 aromatic heterocycles. The SMILES string of the molecule is Cc1cc2c3c(c1)N(c1c(C)cc(C(C)(C)C)cc1-c1ccc4c(c1)C(C)(C)CCC4(C)C)c1c(oc4ccc(C(C)(C)C)cc14)B3c1ccc3c4c1N2C1=C(CC(C(C)(C)C)C=C1)C4(C)CCC3(C)C. The molecule has 0 saturated heterocycles. The van der Waals surface area contributed by atoms with Crippen molar-refractivity contribution in [1.29, 1.82) is 0 Å². The Balaban J connectivity index is 1.21. The monoisotopic (exact) mass is 939 g/mol. The van der Waals surface area contributed by atoms with Crippen LogP contribution in [-0.2, 0) is 32.5 Å². The third kappa shape index (κ3) is 6.59. The van der Waals surface area contributed by atoms with Crippen LogP contribution >= 0.6 is 0 Å². The van der Waals surface area contributed by atoms with Gasteiger partial charge in [0.15, 0.2) is 0 Å². The zero-order valence-corrected chi connectivity index (χ0v) is 46.6. The Kier molecular flexibility index (Phi) is 9.57. The number of hydrogen-bond acceptors (Lipinski definition) is 3. The molecule has 3 aliphatic heterocycles. The summed E-state index contributed by atoms with van der Waals surface area (Å²) in [6.07, 6.45) is 10.9. The number of fused-ring (bicyclic) bond motifs is 9. The van der Waals surface area contributed by atoms with Crippen molar-refractivity contribution in [3.8, 4) is 11.1 Å². The van der Waals surface area contributed by atoms with Gasteiger partial charge in [0.05, 0.1) is 17.0 Å². The quantitative estimate of drug-likeness (QED) is 0.161. The summed E-state index contributed by atoms with van der Waals surface area (Å²) in [4.78, 5) is 5.46. The normalized spacial score (nSPS) is 22.3. The average Bonchev–Trinajstić information content (AvgIpc) is 3.66. The Morgan fingerprint density at radius 1 is 0.606 bits per heavy atom. The van der Waals surface area contributed by atoms with Gasteiger partial charge in [0, 0.05) is 39.1 Å². The topological polar surface area (TPSA) is 19.6 Å². The third-order valence-corrected chi connectivity index (χ3v) is 19.2. The summed E-state index contributed by atoms with van der Waals surface area (Å²) in [6.45, 7) is 43.5. The lowest BCUT2D eigenvalue weighted by Crippen LogP contribution is -2.63. The number of benzene rings is 5. The molecule has 6 aliphatic rings. The van der Waals surface area contributed by atoms with Gasteiger partial charge in [0.2, 0.25) is 0 Å². The Morgan fingerprint density at radius 2 is 1.24 bits per heavy atom. The van der Waals surface area contributed by atoms with Crippen LogP contribution in [0.4, 0.5) is 28.4 Å². The molecular formula is C67H79BN2O. The zero-order valence-electron chi connectivity index (χ0n) is 46.6. The first kappa shape index (κ1) is 46.8. The standard InChI is InChI=1S/C67H79BN2O/c1-38-31-52-56-53(32-38)70(57-39(2)33-43(63(9,10)11)36-44(57)40-19-22-46-48(34-40)66(16,17)28-27-64(46,12)13)58-45-35-41(61(3,4)5)21-26-54(45)71-60(58)68(56)50-24-23-47-55-59(50)69(52)51-25-20-42(62(6,7)8)37-49(51)67(55,18)30-29-65(47,14)15/h19-26,31-36,42H,27-30,37H2,1-18H3. The Labute approximate surface area is 427 Å². The van der Waals surface area contributed by atoms with Gasteiger partial charge in [-0.3, -0.25) is 0 Å². The van der Waals surface area contributed by atoms with Crippen LogP contribution in [0.15, 0.2) is 101 Å². The van der Waals surface area contributed by atoms with Crippen molar-refractivity contribution < 1.29 is 4.42 Å². The minimum absolute atomic E-state index is 0.0468. The molecular weight excluding hydrogens is 860 g/mol. The second kappa shape index (κ2) is 14.5. The van der Waals surface area contributed by atoms with Gasteiger partial charge >= 0.3 is 0 Å². The molecule has 4 heterocycles. The van der Waals surface area contributed by atoms with Gasteiger partial charge < -0.3 is 14.2 Å². The van der Waals surface area contributed by atoms with Gasteiger partial charge in [0.25, 0.3) is 6.71 Å². The molecule has 3 nitrogen and oxygen atoms in total. The van der Waals surface area contributed by atoms with E-state index in [4.69, 9.17) is 4.42 Å². The Hall–Kier alpha value is -5.22. The first-order valence-corrected chi connectivity index (χ1v) is 27.2. The van der Waals surface area contributed by atoms with Crippen LogP contribution < -0.4 is 26.4 Å². The minimum Gasteiger partial charge on any atom is -0.468 e. The zero-order chi connectivity index (χ0) is 50.7. The molecule has 4 heteroatoms. The highest BCUT2D eigenvalue weighted by Crippen LogP contribution is 2.62. The molecule has 2 atom stereocenters. The molecule has 0 amide bonds. The highest BCUT2D eigenvalue weighted by molar-refractivity contribution is 7.00. The fraction of sp³-hybridized carbons (Fsp3) is 0.463. The van der Waals surface area contributed by atoms with Crippen LogP contribution in [-0.4, -0.2) is 6.71 Å². The summed E-state index contributed by atoms with van der Waals surface area (Å²) in [5.41, 5.74) is 28.3. The number of hydrogen-bond donors (Lipinski definition) is 0. The van der Waals surface area contributed by atoms with Crippen LogP contribution in [0.1, 0.15) is 187 Å². The van der Waals surface area contributed by atoms with Gasteiger partial charge in [-0.2, -0.15) is 0 Å². The van der Waals surface area contributed by atoms with Crippen LogP contribution in [0, 0.1) is 25.2 Å². The number of anilines is 5. The summed E-state index contributed by atoms with van der Waals surface area (Å²) in [6, 6.07) is 29.7. The second-order valence-corrected chi connectivity index (χ2v) is 28.6. The number of allylic oxidation sites excluding steroid dienone is 3. The summed E-state index contributed by atoms with van der Waals surface area (Å²) in [7, 11) is 0. The summed E-state index contributed by atoms with van der Waals surface area (Å²) in [5.74, 6) is 0.467. The van der Waals surface area contributed by atoms with Gasteiger partial charge in [-0.05, 0) is 187 Å². The van der Waals surface area contributed by atoms with Crippen molar-refractivity contribution in [3.05, 3.63) is 141 Å². The van der Waals surface area contributed by atoms with Gasteiger partial charge in [-0.15, -0.1) is 0 Å². The Morgan fingerprint density at radius 3 is 1.92 bits per heavy atom. The average molecular weight is 939 g/mol. The van der Waals surface area contributed by atoms with Gasteiger partial charge in [-0.1, -0.05) is 159 Å². The molecule has 0 fully saturated rings. The van der Waals surface area contributed by atoms with Crippen molar-refractivity contribution in [2.45, 2.75) is 189 Å². The maximum absolute atomic E-state index is 7.60. The molecule has 6 aromatic rings. The van der Waals surface area contributed by atoms with E-state index in [0.29, 0.717) is 5.92 Å². The van der Waals surface area contributed by atoms with E-state index in [1.54, 1.807) is 11.1 Å². The van der Waals surface area contributed by atoms with Gasteiger partial charge in [-0.25, -0.2) is 0 Å². The van der Waals surface area contributed by atoms with Crippen molar-refractivity contribution in [2.75, 3.05) is 9.80 Å². The summed E-state index contributed by atoms with van der Waals surface area (Å²) >= 11 is 0. The van der Waals surface area contributed by atoms with Crippen LogP contribution in [0.3, 0.4) is 0 Å². The summed E-state index contributed by atoms with van der Waals surface area (Å²) in [5, 5.41) is 1.19. The molecule has 12 rings (SSSR count). The molecule has 3 aliphatic carbocycles. The van der Waals surface area contributed by atoms with E-state index in [1.165, 1.54) is 120 Å². The van der Waals surface area contributed by atoms with E-state index >= 15 is 0 Å². The molecule has 71 heavy (non-hydrogen) atoms. The van der Waals surface area contributed by atoms with Crippen LogP contribution in [0.25, 0.3) is 22.1 Å². The maximum atomic E-state index is 7.60. The molecule has 2 unspecified atom stereocenters. The van der Waals surface area contributed by atoms with Gasteiger partial charge in [0.1, 0.15) is 5.58 Å². The largest absolute Gasteiger partial charge is 0.468 e. The first-order chi connectivity index (χ1) is 33.0. The van der Waals surface area contributed by atoms with Crippen molar-refractivity contribution in [3.63, 3.8) is 0 Å². The maximum Gasteiger partial charge on any atom is 0.297 e.